The summed E-state index contributed by atoms with van der Waals surface area (Å²) in [6, 6.07) is 0.557. The smallest absolute Gasteiger partial charge is 0.0895 e. The van der Waals surface area contributed by atoms with E-state index in [0.717, 1.165) is 5.92 Å². The number of hydrogen-bond acceptors (Lipinski definition) is 3. The molecule has 12 heavy (non-hydrogen) atoms. The maximum atomic E-state index is 9.07. The molecule has 72 valence electrons. The predicted molar refractivity (Wildman–Crippen MR) is 47.9 cm³/mol. The van der Waals surface area contributed by atoms with Crippen LogP contribution in [0.2, 0.25) is 0 Å². The average Bonchev–Trinajstić information content (AvgIpc) is 2.47. The Labute approximate surface area is 73.8 Å². The van der Waals surface area contributed by atoms with Gasteiger partial charge in [0.1, 0.15) is 0 Å². The van der Waals surface area contributed by atoms with Crippen LogP contribution in [0.3, 0.4) is 0 Å². The lowest BCUT2D eigenvalue weighted by atomic mass is 10.1. The fraction of sp³-hybridized carbons (Fsp3) is 1.00. The van der Waals surface area contributed by atoms with Crippen LogP contribution in [0.5, 0.6) is 0 Å². The van der Waals surface area contributed by atoms with Crippen molar-refractivity contribution in [2.24, 2.45) is 5.92 Å². The fourth-order valence-corrected chi connectivity index (χ4v) is 1.76. The number of hydrogen-bond donors (Lipinski definition) is 3. The summed E-state index contributed by atoms with van der Waals surface area (Å²) in [7, 11) is 0. The summed E-state index contributed by atoms with van der Waals surface area (Å²) in [5, 5.41) is 20.9. The third kappa shape index (κ3) is 3.09. The van der Waals surface area contributed by atoms with Crippen molar-refractivity contribution >= 4 is 0 Å². The molecule has 0 radical (unpaired) electrons. The van der Waals surface area contributed by atoms with Crippen molar-refractivity contribution in [1.82, 2.24) is 5.32 Å². The van der Waals surface area contributed by atoms with E-state index in [1.807, 2.05) is 0 Å². The summed E-state index contributed by atoms with van der Waals surface area (Å²) < 4.78 is 0. The molecule has 0 aromatic rings. The molecule has 1 aliphatic rings. The molecule has 0 aromatic carbocycles. The van der Waals surface area contributed by atoms with Gasteiger partial charge >= 0.3 is 0 Å². The van der Waals surface area contributed by atoms with E-state index < -0.39 is 6.10 Å². The van der Waals surface area contributed by atoms with Crippen LogP contribution in [0.1, 0.15) is 26.2 Å². The molecule has 1 aliphatic carbocycles. The number of aliphatic hydroxyl groups is 2. The Kier molecular flexibility index (Phi) is 3.98. The zero-order valence-electron chi connectivity index (χ0n) is 7.66. The largest absolute Gasteiger partial charge is 0.394 e. The molecule has 0 aromatic heterocycles. The Morgan fingerprint density at radius 3 is 2.75 bits per heavy atom. The van der Waals surface area contributed by atoms with Gasteiger partial charge in [-0.2, -0.15) is 0 Å². The van der Waals surface area contributed by atoms with Gasteiger partial charge in [-0.3, -0.25) is 0 Å². The number of nitrogens with one attached hydrogen (secondary N) is 1. The van der Waals surface area contributed by atoms with Gasteiger partial charge in [0.2, 0.25) is 0 Å². The van der Waals surface area contributed by atoms with Crippen molar-refractivity contribution in [3.05, 3.63) is 0 Å². The van der Waals surface area contributed by atoms with E-state index in [1.54, 1.807) is 0 Å². The first-order valence-corrected chi connectivity index (χ1v) is 4.74. The lowest BCUT2D eigenvalue weighted by Gasteiger charge is -2.14. The highest BCUT2D eigenvalue weighted by Crippen LogP contribution is 2.24. The molecule has 1 rings (SSSR count). The van der Waals surface area contributed by atoms with Crippen LogP contribution in [0.4, 0.5) is 0 Å². The van der Waals surface area contributed by atoms with E-state index >= 15 is 0 Å². The van der Waals surface area contributed by atoms with Crippen LogP contribution >= 0.6 is 0 Å². The molecule has 0 spiro atoms. The van der Waals surface area contributed by atoms with Crippen LogP contribution in [0.25, 0.3) is 0 Å². The van der Waals surface area contributed by atoms with Crippen LogP contribution in [0, 0.1) is 5.92 Å². The third-order valence-electron chi connectivity index (χ3n) is 2.55. The predicted octanol–water partition coefficient (Wildman–Crippen LogP) is 0.118. The lowest BCUT2D eigenvalue weighted by Crippen LogP contribution is -2.35. The fourth-order valence-electron chi connectivity index (χ4n) is 1.76. The summed E-state index contributed by atoms with van der Waals surface area (Å²) >= 11 is 0. The molecule has 0 bridgehead atoms. The SMILES string of the molecule is CC1CCC(NCC(O)CO)C1. The second kappa shape index (κ2) is 4.80. The molecule has 3 unspecified atom stereocenters. The maximum absolute atomic E-state index is 9.07. The molecule has 1 saturated carbocycles. The van der Waals surface area contributed by atoms with Gasteiger partial charge in [0.25, 0.3) is 0 Å². The highest BCUT2D eigenvalue weighted by Gasteiger charge is 2.20. The Bertz CT molecular complexity index is 130. The molecule has 3 atom stereocenters. The number of aliphatic hydroxyl groups excluding tert-OH is 2. The van der Waals surface area contributed by atoms with E-state index in [1.165, 1.54) is 19.3 Å². The topological polar surface area (TPSA) is 52.5 Å². The summed E-state index contributed by atoms with van der Waals surface area (Å²) in [4.78, 5) is 0. The van der Waals surface area contributed by atoms with E-state index in [-0.39, 0.29) is 6.61 Å². The van der Waals surface area contributed by atoms with E-state index in [2.05, 4.69) is 12.2 Å². The summed E-state index contributed by atoms with van der Waals surface area (Å²) in [5.74, 6) is 0.814. The Balaban J connectivity index is 2.07. The van der Waals surface area contributed by atoms with Gasteiger partial charge in [0.05, 0.1) is 12.7 Å². The summed E-state index contributed by atoms with van der Waals surface area (Å²) in [6.07, 6.45) is 3.10. The first-order valence-electron chi connectivity index (χ1n) is 4.74. The first kappa shape index (κ1) is 9.96. The average molecular weight is 173 g/mol. The highest BCUT2D eigenvalue weighted by atomic mass is 16.3. The molecule has 0 heterocycles. The van der Waals surface area contributed by atoms with Crippen molar-refractivity contribution in [3.8, 4) is 0 Å². The van der Waals surface area contributed by atoms with Crippen molar-refractivity contribution in [1.29, 1.82) is 0 Å². The molecular weight excluding hydrogens is 154 g/mol. The molecule has 3 nitrogen and oxygen atoms in total. The van der Waals surface area contributed by atoms with Gasteiger partial charge in [-0.15, -0.1) is 0 Å². The van der Waals surface area contributed by atoms with Crippen molar-refractivity contribution in [3.63, 3.8) is 0 Å². The van der Waals surface area contributed by atoms with Gasteiger partial charge in [-0.05, 0) is 25.2 Å². The second-order valence-electron chi connectivity index (χ2n) is 3.86. The molecule has 3 N–H and O–H groups in total. The first-order chi connectivity index (χ1) is 5.72. The van der Waals surface area contributed by atoms with Crippen molar-refractivity contribution < 1.29 is 10.2 Å². The molecule has 3 heteroatoms. The minimum absolute atomic E-state index is 0.144. The minimum Gasteiger partial charge on any atom is -0.394 e. The number of rotatable bonds is 4. The van der Waals surface area contributed by atoms with Crippen LogP contribution < -0.4 is 5.32 Å². The zero-order chi connectivity index (χ0) is 8.97. The van der Waals surface area contributed by atoms with Crippen LogP contribution in [-0.4, -0.2) is 35.5 Å². The van der Waals surface area contributed by atoms with Crippen molar-refractivity contribution in [2.45, 2.75) is 38.3 Å². The molecule has 0 aliphatic heterocycles. The normalized spacial score (nSPS) is 32.2. The Morgan fingerprint density at radius 1 is 1.50 bits per heavy atom. The minimum atomic E-state index is -0.596. The summed E-state index contributed by atoms with van der Waals surface area (Å²) in [6.45, 7) is 2.63. The van der Waals surface area contributed by atoms with E-state index in [0.29, 0.717) is 12.6 Å². The second-order valence-corrected chi connectivity index (χ2v) is 3.86. The van der Waals surface area contributed by atoms with Gasteiger partial charge in [0.15, 0.2) is 0 Å². The molecular formula is C9H19NO2. The van der Waals surface area contributed by atoms with E-state index in [9.17, 15) is 0 Å². The monoisotopic (exact) mass is 173 g/mol. The van der Waals surface area contributed by atoms with Crippen molar-refractivity contribution in [2.75, 3.05) is 13.2 Å². The molecule has 0 saturated heterocycles. The lowest BCUT2D eigenvalue weighted by molar-refractivity contribution is 0.0919. The third-order valence-corrected chi connectivity index (χ3v) is 2.55. The maximum Gasteiger partial charge on any atom is 0.0895 e. The standard InChI is InChI=1S/C9H19NO2/c1-7-2-3-8(4-7)10-5-9(12)6-11/h7-12H,2-6H2,1H3. The summed E-state index contributed by atoms with van der Waals surface area (Å²) in [5.41, 5.74) is 0. The highest BCUT2D eigenvalue weighted by molar-refractivity contribution is 4.78. The quantitative estimate of drug-likeness (QED) is 0.566. The van der Waals surface area contributed by atoms with Gasteiger partial charge in [-0.1, -0.05) is 6.92 Å². The van der Waals surface area contributed by atoms with Gasteiger partial charge < -0.3 is 15.5 Å². The Hall–Kier alpha value is -0.120. The molecule has 1 fully saturated rings. The van der Waals surface area contributed by atoms with Gasteiger partial charge in [0, 0.05) is 12.6 Å². The molecule has 0 amide bonds. The van der Waals surface area contributed by atoms with Crippen LogP contribution in [0.15, 0.2) is 0 Å². The van der Waals surface area contributed by atoms with Crippen LogP contribution in [-0.2, 0) is 0 Å². The van der Waals surface area contributed by atoms with E-state index in [4.69, 9.17) is 10.2 Å². The zero-order valence-corrected chi connectivity index (χ0v) is 7.66. The van der Waals surface area contributed by atoms with Gasteiger partial charge in [-0.25, -0.2) is 0 Å². The Morgan fingerprint density at radius 2 is 2.25 bits per heavy atom.